The number of nitrogens with one attached hydrogen (secondary N) is 1. The highest BCUT2D eigenvalue weighted by Gasteiger charge is 2.02. The predicted molar refractivity (Wildman–Crippen MR) is 78.2 cm³/mol. The summed E-state index contributed by atoms with van der Waals surface area (Å²) in [6.45, 7) is 4.94. The molecule has 0 aromatic heterocycles. The van der Waals surface area contributed by atoms with E-state index in [9.17, 15) is 4.79 Å². The Morgan fingerprint density at radius 3 is 2.88 bits per heavy atom. The van der Waals surface area contributed by atoms with Crippen LogP contribution in [0.5, 0.6) is 0 Å². The van der Waals surface area contributed by atoms with Crippen molar-refractivity contribution in [2.75, 3.05) is 12.3 Å². The maximum Gasteiger partial charge on any atom is 0.230 e. The fourth-order valence-corrected chi connectivity index (χ4v) is 2.51. The van der Waals surface area contributed by atoms with Gasteiger partial charge in [0, 0.05) is 16.8 Å². The third kappa shape index (κ3) is 6.74. The summed E-state index contributed by atoms with van der Waals surface area (Å²) in [6, 6.07) is 8.17. The maximum absolute atomic E-state index is 11.5. The summed E-state index contributed by atoms with van der Waals surface area (Å²) in [6.07, 6.45) is 0. The molecule has 0 spiro atoms. The number of amides is 1. The summed E-state index contributed by atoms with van der Waals surface area (Å²) >= 11 is 5.08. The van der Waals surface area contributed by atoms with Gasteiger partial charge in [-0.1, -0.05) is 41.9 Å². The average Bonchev–Trinajstić information content (AvgIpc) is 2.26. The summed E-state index contributed by atoms with van der Waals surface area (Å²) < 4.78 is 1.08. The van der Waals surface area contributed by atoms with Crippen LogP contribution in [0.15, 0.2) is 28.7 Å². The molecular weight excluding hydrogens is 298 g/mol. The molecular formula is C13H18BrNOS. The molecule has 0 aliphatic carbocycles. The molecule has 94 valence electrons. The average molecular weight is 316 g/mol. The van der Waals surface area contributed by atoms with E-state index >= 15 is 0 Å². The number of carbonyl (C=O) groups excluding carboxylic acids is 1. The van der Waals surface area contributed by atoms with Crippen molar-refractivity contribution in [2.45, 2.75) is 19.6 Å². The molecule has 1 rings (SSSR count). The standard InChI is InChI=1S/C13H18BrNOS/c1-10(2)7-15-13(16)9-17-8-11-4-3-5-12(14)6-11/h3-6,10H,7-9H2,1-2H3,(H,15,16). The van der Waals surface area contributed by atoms with Crippen LogP contribution in [0.1, 0.15) is 19.4 Å². The second-order valence-corrected chi connectivity index (χ2v) is 6.22. The molecule has 0 unspecified atom stereocenters. The zero-order valence-corrected chi connectivity index (χ0v) is 12.6. The Labute approximate surface area is 116 Å². The van der Waals surface area contributed by atoms with Gasteiger partial charge in [0.25, 0.3) is 0 Å². The zero-order chi connectivity index (χ0) is 12.7. The zero-order valence-electron chi connectivity index (χ0n) is 10.2. The van der Waals surface area contributed by atoms with E-state index in [0.29, 0.717) is 11.7 Å². The first-order valence-electron chi connectivity index (χ1n) is 5.67. The van der Waals surface area contributed by atoms with E-state index in [1.807, 2.05) is 12.1 Å². The number of hydrogen-bond donors (Lipinski definition) is 1. The number of rotatable bonds is 6. The molecule has 0 bridgehead atoms. The molecule has 1 N–H and O–H groups in total. The second-order valence-electron chi connectivity index (χ2n) is 4.32. The Bertz CT molecular complexity index is 368. The van der Waals surface area contributed by atoms with Gasteiger partial charge >= 0.3 is 0 Å². The van der Waals surface area contributed by atoms with Crippen molar-refractivity contribution in [1.29, 1.82) is 0 Å². The van der Waals surface area contributed by atoms with Crippen molar-refractivity contribution in [2.24, 2.45) is 5.92 Å². The van der Waals surface area contributed by atoms with Crippen LogP contribution in [0.3, 0.4) is 0 Å². The highest BCUT2D eigenvalue weighted by Crippen LogP contribution is 2.16. The van der Waals surface area contributed by atoms with Crippen molar-refractivity contribution < 1.29 is 4.79 Å². The van der Waals surface area contributed by atoms with Crippen LogP contribution in [0.4, 0.5) is 0 Å². The summed E-state index contributed by atoms with van der Waals surface area (Å²) in [5.74, 6) is 2.03. The third-order valence-electron chi connectivity index (χ3n) is 2.10. The second kappa shape index (κ2) is 7.77. The van der Waals surface area contributed by atoms with Crippen LogP contribution >= 0.6 is 27.7 Å². The minimum Gasteiger partial charge on any atom is -0.355 e. The van der Waals surface area contributed by atoms with Crippen molar-refractivity contribution in [3.05, 3.63) is 34.3 Å². The Morgan fingerprint density at radius 2 is 2.24 bits per heavy atom. The first kappa shape index (κ1) is 14.6. The molecule has 17 heavy (non-hydrogen) atoms. The molecule has 0 fully saturated rings. The van der Waals surface area contributed by atoms with Gasteiger partial charge in [-0.3, -0.25) is 4.79 Å². The maximum atomic E-state index is 11.5. The molecule has 2 nitrogen and oxygen atoms in total. The molecule has 4 heteroatoms. The van der Waals surface area contributed by atoms with E-state index in [-0.39, 0.29) is 5.91 Å². The minimum absolute atomic E-state index is 0.124. The lowest BCUT2D eigenvalue weighted by Crippen LogP contribution is -2.28. The Hall–Kier alpha value is -0.480. The van der Waals surface area contributed by atoms with E-state index in [1.165, 1.54) is 5.56 Å². The van der Waals surface area contributed by atoms with Crippen molar-refractivity contribution in [3.8, 4) is 0 Å². The topological polar surface area (TPSA) is 29.1 Å². The molecule has 0 atom stereocenters. The highest BCUT2D eigenvalue weighted by atomic mass is 79.9. The normalized spacial score (nSPS) is 10.6. The van der Waals surface area contributed by atoms with Gasteiger partial charge in [-0.2, -0.15) is 0 Å². The minimum atomic E-state index is 0.124. The Morgan fingerprint density at radius 1 is 1.47 bits per heavy atom. The first-order valence-corrected chi connectivity index (χ1v) is 7.61. The lowest BCUT2D eigenvalue weighted by molar-refractivity contribution is -0.118. The fraction of sp³-hybridized carbons (Fsp3) is 0.462. The SMILES string of the molecule is CC(C)CNC(=O)CSCc1cccc(Br)c1. The molecule has 0 saturated carbocycles. The van der Waals surface area contributed by atoms with Crippen molar-refractivity contribution in [3.63, 3.8) is 0 Å². The van der Waals surface area contributed by atoms with Gasteiger partial charge in [0.1, 0.15) is 0 Å². The molecule has 0 aliphatic rings. The molecule has 0 saturated heterocycles. The lowest BCUT2D eigenvalue weighted by Gasteiger charge is -2.07. The van der Waals surface area contributed by atoms with Gasteiger partial charge in [0.05, 0.1) is 5.75 Å². The van der Waals surface area contributed by atoms with Crippen LogP contribution < -0.4 is 5.32 Å². The van der Waals surface area contributed by atoms with Gasteiger partial charge in [0.2, 0.25) is 5.91 Å². The van der Waals surface area contributed by atoms with E-state index < -0.39 is 0 Å². The van der Waals surface area contributed by atoms with Crippen LogP contribution in [-0.2, 0) is 10.5 Å². The van der Waals surface area contributed by atoms with Crippen LogP contribution in [-0.4, -0.2) is 18.2 Å². The van der Waals surface area contributed by atoms with Crippen molar-refractivity contribution in [1.82, 2.24) is 5.32 Å². The summed E-state index contributed by atoms with van der Waals surface area (Å²) in [4.78, 5) is 11.5. The van der Waals surface area contributed by atoms with Gasteiger partial charge in [-0.25, -0.2) is 0 Å². The Kier molecular flexibility index (Phi) is 6.66. The number of hydrogen-bond acceptors (Lipinski definition) is 2. The van der Waals surface area contributed by atoms with Crippen molar-refractivity contribution >= 4 is 33.6 Å². The van der Waals surface area contributed by atoms with Crippen LogP contribution in [0.2, 0.25) is 0 Å². The quantitative estimate of drug-likeness (QED) is 0.871. The van der Waals surface area contributed by atoms with E-state index in [4.69, 9.17) is 0 Å². The van der Waals surface area contributed by atoms with Crippen LogP contribution in [0.25, 0.3) is 0 Å². The van der Waals surface area contributed by atoms with Gasteiger partial charge in [-0.15, -0.1) is 11.8 Å². The summed E-state index contributed by atoms with van der Waals surface area (Å²) in [5.41, 5.74) is 1.24. The van der Waals surface area contributed by atoms with E-state index in [1.54, 1.807) is 11.8 Å². The number of carbonyl (C=O) groups is 1. The first-order chi connectivity index (χ1) is 8.08. The number of thioether (sulfide) groups is 1. The molecule has 0 aliphatic heterocycles. The van der Waals surface area contributed by atoms with E-state index in [2.05, 4.69) is 47.2 Å². The Balaban J connectivity index is 2.21. The van der Waals surface area contributed by atoms with E-state index in [0.717, 1.165) is 16.8 Å². The van der Waals surface area contributed by atoms with Gasteiger partial charge in [-0.05, 0) is 23.6 Å². The molecule has 1 aromatic carbocycles. The fourth-order valence-electron chi connectivity index (χ4n) is 1.26. The highest BCUT2D eigenvalue weighted by molar-refractivity contribution is 9.10. The van der Waals surface area contributed by atoms with Crippen LogP contribution in [0, 0.1) is 5.92 Å². The lowest BCUT2D eigenvalue weighted by atomic mass is 10.2. The smallest absolute Gasteiger partial charge is 0.230 e. The van der Waals surface area contributed by atoms with Gasteiger partial charge < -0.3 is 5.32 Å². The summed E-state index contributed by atoms with van der Waals surface area (Å²) in [5, 5.41) is 2.91. The monoisotopic (exact) mass is 315 g/mol. The molecule has 1 amide bonds. The third-order valence-corrected chi connectivity index (χ3v) is 3.60. The largest absolute Gasteiger partial charge is 0.355 e. The molecule has 0 heterocycles. The number of benzene rings is 1. The predicted octanol–water partition coefficient (Wildman–Crippen LogP) is 3.45. The van der Waals surface area contributed by atoms with Gasteiger partial charge in [0.15, 0.2) is 0 Å². The molecule has 0 radical (unpaired) electrons. The number of halogens is 1. The molecule has 1 aromatic rings. The summed E-state index contributed by atoms with van der Waals surface area (Å²) in [7, 11) is 0.